The van der Waals surface area contributed by atoms with E-state index in [9.17, 15) is 23.4 Å². The first-order chi connectivity index (χ1) is 7.75. The highest BCUT2D eigenvalue weighted by Crippen LogP contribution is 2.54. The standard InChI is InChI=1S/C10H16O6S/c1-16-7-4-9(5-7,8(11)12)10(13)2-3-17(14,15)6-10/h7,13H,2-6H2,1H3,(H,11,12). The maximum atomic E-state index is 11.4. The van der Waals surface area contributed by atoms with E-state index < -0.39 is 32.6 Å². The van der Waals surface area contributed by atoms with Gasteiger partial charge >= 0.3 is 5.97 Å². The molecule has 7 heteroatoms. The highest BCUT2D eigenvalue weighted by atomic mass is 32.2. The fourth-order valence-corrected chi connectivity index (χ4v) is 4.79. The molecule has 0 radical (unpaired) electrons. The van der Waals surface area contributed by atoms with Crippen molar-refractivity contribution < 1.29 is 28.2 Å². The zero-order valence-electron chi connectivity index (χ0n) is 9.55. The summed E-state index contributed by atoms with van der Waals surface area (Å²) in [7, 11) is -1.85. The molecular weight excluding hydrogens is 248 g/mol. The Labute approximate surface area is 99.5 Å². The first-order valence-corrected chi connectivity index (χ1v) is 7.26. The second-order valence-electron chi connectivity index (χ2n) is 5.03. The first kappa shape index (κ1) is 12.8. The molecule has 0 aromatic carbocycles. The summed E-state index contributed by atoms with van der Waals surface area (Å²) in [5, 5.41) is 19.6. The fourth-order valence-electron chi connectivity index (χ4n) is 2.85. The van der Waals surface area contributed by atoms with Crippen LogP contribution >= 0.6 is 0 Å². The van der Waals surface area contributed by atoms with Crippen LogP contribution in [0.5, 0.6) is 0 Å². The van der Waals surface area contributed by atoms with Crippen LogP contribution in [0.4, 0.5) is 0 Å². The predicted molar refractivity (Wildman–Crippen MR) is 58.3 cm³/mol. The van der Waals surface area contributed by atoms with Crippen LogP contribution in [0.15, 0.2) is 0 Å². The molecule has 1 heterocycles. The Kier molecular flexibility index (Phi) is 2.76. The van der Waals surface area contributed by atoms with Crippen molar-refractivity contribution in [2.45, 2.75) is 31.0 Å². The van der Waals surface area contributed by atoms with Crippen molar-refractivity contribution >= 4 is 15.8 Å². The summed E-state index contributed by atoms with van der Waals surface area (Å²) >= 11 is 0. The molecule has 1 saturated carbocycles. The molecule has 2 aliphatic rings. The highest BCUT2D eigenvalue weighted by molar-refractivity contribution is 7.91. The monoisotopic (exact) mass is 264 g/mol. The summed E-state index contributed by atoms with van der Waals surface area (Å²) in [6.45, 7) is 0. The van der Waals surface area contributed by atoms with Crippen LogP contribution in [0.1, 0.15) is 19.3 Å². The fraction of sp³-hybridized carbons (Fsp3) is 0.900. The van der Waals surface area contributed by atoms with Crippen LogP contribution in [0.25, 0.3) is 0 Å². The van der Waals surface area contributed by atoms with Crippen molar-refractivity contribution in [3.8, 4) is 0 Å². The third-order valence-corrected chi connectivity index (χ3v) is 5.81. The van der Waals surface area contributed by atoms with Gasteiger partial charge in [-0.25, -0.2) is 8.42 Å². The van der Waals surface area contributed by atoms with Crippen molar-refractivity contribution in [1.82, 2.24) is 0 Å². The summed E-state index contributed by atoms with van der Waals surface area (Å²) in [6, 6.07) is 0. The molecule has 0 aromatic heterocycles. The van der Waals surface area contributed by atoms with Crippen LogP contribution in [-0.2, 0) is 19.4 Å². The van der Waals surface area contributed by atoms with Gasteiger partial charge in [-0.1, -0.05) is 0 Å². The van der Waals surface area contributed by atoms with Gasteiger partial charge in [0.1, 0.15) is 5.41 Å². The average molecular weight is 264 g/mol. The Hall–Kier alpha value is -0.660. The quantitative estimate of drug-likeness (QED) is 0.707. The largest absolute Gasteiger partial charge is 0.481 e. The lowest BCUT2D eigenvalue weighted by Gasteiger charge is -2.51. The van der Waals surface area contributed by atoms with Gasteiger partial charge in [-0.2, -0.15) is 0 Å². The normalized spacial score (nSPS) is 44.2. The summed E-state index contributed by atoms with van der Waals surface area (Å²) in [5.41, 5.74) is -3.01. The van der Waals surface area contributed by atoms with Gasteiger partial charge in [-0.15, -0.1) is 0 Å². The van der Waals surface area contributed by atoms with E-state index in [0.29, 0.717) is 0 Å². The van der Waals surface area contributed by atoms with Crippen molar-refractivity contribution in [3.05, 3.63) is 0 Å². The Morgan fingerprint density at radius 3 is 2.35 bits per heavy atom. The second-order valence-corrected chi connectivity index (χ2v) is 7.21. The van der Waals surface area contributed by atoms with E-state index in [1.165, 1.54) is 7.11 Å². The minimum absolute atomic E-state index is 0.00192. The second kappa shape index (κ2) is 3.66. The molecule has 1 saturated heterocycles. The molecule has 2 fully saturated rings. The SMILES string of the molecule is COC1CC(C(=O)O)(C2(O)CCS(=O)(=O)C2)C1. The Balaban J connectivity index is 2.28. The van der Waals surface area contributed by atoms with Gasteiger partial charge in [0.15, 0.2) is 9.84 Å². The molecule has 1 unspecified atom stereocenters. The summed E-state index contributed by atoms with van der Waals surface area (Å²) in [5.74, 6) is -1.73. The van der Waals surface area contributed by atoms with E-state index in [2.05, 4.69) is 0 Å². The number of carboxylic acids is 1. The Bertz CT molecular complexity index is 436. The zero-order valence-corrected chi connectivity index (χ0v) is 10.4. The molecule has 1 aliphatic carbocycles. The van der Waals surface area contributed by atoms with E-state index in [4.69, 9.17) is 4.74 Å². The number of rotatable bonds is 3. The van der Waals surface area contributed by atoms with Crippen LogP contribution in [0.3, 0.4) is 0 Å². The molecule has 2 N–H and O–H groups in total. The van der Waals surface area contributed by atoms with Gasteiger partial charge in [-0.3, -0.25) is 4.79 Å². The number of hydrogen-bond acceptors (Lipinski definition) is 5. The minimum Gasteiger partial charge on any atom is -0.481 e. The molecule has 1 atom stereocenters. The third kappa shape index (κ3) is 1.76. The lowest BCUT2D eigenvalue weighted by atomic mass is 9.57. The maximum Gasteiger partial charge on any atom is 0.312 e. The summed E-state index contributed by atoms with van der Waals surface area (Å²) in [4.78, 5) is 11.4. The number of aliphatic hydroxyl groups is 1. The van der Waals surface area contributed by atoms with E-state index >= 15 is 0 Å². The molecule has 2 rings (SSSR count). The van der Waals surface area contributed by atoms with E-state index in [0.717, 1.165) is 0 Å². The molecule has 98 valence electrons. The topological polar surface area (TPSA) is 101 Å². The van der Waals surface area contributed by atoms with E-state index in [-0.39, 0.29) is 31.1 Å². The number of aliphatic carboxylic acids is 1. The van der Waals surface area contributed by atoms with Crippen molar-refractivity contribution in [2.24, 2.45) is 5.41 Å². The summed E-state index contributed by atoms with van der Waals surface area (Å²) in [6.07, 6.45) is 0.131. The predicted octanol–water partition coefficient (Wildman–Crippen LogP) is -0.584. The molecule has 6 nitrogen and oxygen atoms in total. The molecular formula is C10H16O6S. The number of carboxylic acid groups (broad SMARTS) is 1. The van der Waals surface area contributed by atoms with Crippen molar-refractivity contribution in [1.29, 1.82) is 0 Å². The molecule has 17 heavy (non-hydrogen) atoms. The van der Waals surface area contributed by atoms with Crippen LogP contribution in [-0.4, -0.2) is 54.9 Å². The van der Waals surface area contributed by atoms with Gasteiger partial charge in [-0.05, 0) is 19.3 Å². The van der Waals surface area contributed by atoms with Crippen molar-refractivity contribution in [2.75, 3.05) is 18.6 Å². The van der Waals surface area contributed by atoms with Gasteiger partial charge in [0.05, 0.1) is 23.2 Å². The van der Waals surface area contributed by atoms with Gasteiger partial charge in [0.25, 0.3) is 0 Å². The van der Waals surface area contributed by atoms with Crippen LogP contribution in [0, 0.1) is 5.41 Å². The number of carbonyl (C=O) groups is 1. The van der Waals surface area contributed by atoms with Gasteiger partial charge in [0, 0.05) is 7.11 Å². The number of hydrogen-bond donors (Lipinski definition) is 2. The minimum atomic E-state index is -3.33. The number of ether oxygens (including phenoxy) is 1. The molecule has 1 aliphatic heterocycles. The van der Waals surface area contributed by atoms with Gasteiger partial charge < -0.3 is 14.9 Å². The first-order valence-electron chi connectivity index (χ1n) is 5.44. The lowest BCUT2D eigenvalue weighted by Crippen LogP contribution is -2.62. The van der Waals surface area contributed by atoms with E-state index in [1.54, 1.807) is 0 Å². The summed E-state index contributed by atoms with van der Waals surface area (Å²) < 4.78 is 27.9. The maximum absolute atomic E-state index is 11.4. The number of methoxy groups -OCH3 is 1. The molecule has 0 spiro atoms. The third-order valence-electron chi connectivity index (χ3n) is 4.07. The molecule has 0 amide bonds. The van der Waals surface area contributed by atoms with Gasteiger partial charge in [0.2, 0.25) is 0 Å². The van der Waals surface area contributed by atoms with E-state index in [1.807, 2.05) is 0 Å². The zero-order chi connectivity index (χ0) is 12.9. The smallest absolute Gasteiger partial charge is 0.312 e. The number of sulfone groups is 1. The Morgan fingerprint density at radius 2 is 2.00 bits per heavy atom. The van der Waals surface area contributed by atoms with Crippen LogP contribution in [0.2, 0.25) is 0 Å². The lowest BCUT2D eigenvalue weighted by molar-refractivity contribution is -0.200. The van der Waals surface area contributed by atoms with Crippen molar-refractivity contribution in [3.63, 3.8) is 0 Å². The average Bonchev–Trinajstić information content (AvgIpc) is 2.39. The van der Waals surface area contributed by atoms with Crippen LogP contribution < -0.4 is 0 Å². The highest BCUT2D eigenvalue weighted by Gasteiger charge is 2.66. The Morgan fingerprint density at radius 1 is 1.41 bits per heavy atom. The molecule has 0 bridgehead atoms. The molecule has 0 aromatic rings.